The fraction of sp³-hybridized carbons (Fsp3) is 0.706. The van der Waals surface area contributed by atoms with Gasteiger partial charge in [0.25, 0.3) is 5.91 Å². The standard InChI is InChI=1S/C34H53ClN6O6/c1-6-10-25(28(42)32(45)38-23-15-16-23)39-30(43)26-17-24(47-20(2)13-14-22(35)18-36)19-41(26)33(46)29(34(3,4)5)40-31(44)27(37)21-11-8-7-9-12-21/h13-14,18,21,23-27,29,36H,6-12,15-17,19,37H2,1-5H3,(H,38,45)(H,39,43)(H,40,44)/b20-13+,22-14+,36-18?/t24?,25-,26?,27+,29?/m1/s1. The lowest BCUT2D eigenvalue weighted by Gasteiger charge is -2.37. The van der Waals surface area contributed by atoms with Crippen LogP contribution in [0.4, 0.5) is 0 Å². The Hall–Kier alpha value is -3.25. The average molecular weight is 677 g/mol. The second-order valence-electron chi connectivity index (χ2n) is 14.1. The summed E-state index contributed by atoms with van der Waals surface area (Å²) in [7, 11) is 0. The maximum absolute atomic E-state index is 14.3. The van der Waals surface area contributed by atoms with Crippen LogP contribution >= 0.6 is 11.6 Å². The first kappa shape index (κ1) is 38.2. The highest BCUT2D eigenvalue weighted by molar-refractivity contribution is 6.39. The van der Waals surface area contributed by atoms with E-state index >= 15 is 0 Å². The summed E-state index contributed by atoms with van der Waals surface area (Å²) in [4.78, 5) is 68.7. The molecule has 4 amide bonds. The first-order valence-corrected chi connectivity index (χ1v) is 17.3. The second kappa shape index (κ2) is 17.2. The zero-order valence-electron chi connectivity index (χ0n) is 28.4. The van der Waals surface area contributed by atoms with Crippen LogP contribution in [0.25, 0.3) is 0 Å². The smallest absolute Gasteiger partial charge is 0.289 e. The van der Waals surface area contributed by atoms with E-state index in [2.05, 4.69) is 16.0 Å². The summed E-state index contributed by atoms with van der Waals surface area (Å²) in [6, 6.07) is -3.85. The number of nitrogens with zero attached hydrogens (tertiary/aromatic N) is 1. The third-order valence-electron chi connectivity index (χ3n) is 9.02. The van der Waals surface area contributed by atoms with E-state index in [1.807, 2.05) is 27.7 Å². The van der Waals surface area contributed by atoms with Gasteiger partial charge in [-0.25, -0.2) is 0 Å². The molecule has 3 fully saturated rings. The number of rotatable bonds is 15. The minimum atomic E-state index is -1.05. The van der Waals surface area contributed by atoms with E-state index in [1.165, 1.54) is 11.0 Å². The van der Waals surface area contributed by atoms with E-state index in [0.717, 1.165) is 51.2 Å². The largest absolute Gasteiger partial charge is 0.493 e. The Kier molecular flexibility index (Phi) is 14.0. The molecular formula is C34H53ClN6O6. The lowest BCUT2D eigenvalue weighted by Crippen LogP contribution is -2.61. The van der Waals surface area contributed by atoms with E-state index in [0.29, 0.717) is 12.2 Å². The number of hydrogen-bond acceptors (Lipinski definition) is 8. The van der Waals surface area contributed by atoms with Crippen LogP contribution in [0.3, 0.4) is 0 Å². The number of ketones is 1. The van der Waals surface area contributed by atoms with Crippen molar-refractivity contribution < 1.29 is 28.7 Å². The summed E-state index contributed by atoms with van der Waals surface area (Å²) >= 11 is 5.91. The fourth-order valence-electron chi connectivity index (χ4n) is 6.15. The van der Waals surface area contributed by atoms with Crippen molar-refractivity contribution in [2.75, 3.05) is 6.54 Å². The van der Waals surface area contributed by atoms with Gasteiger partial charge in [0, 0.05) is 18.7 Å². The van der Waals surface area contributed by atoms with Gasteiger partial charge in [0.2, 0.25) is 23.5 Å². The van der Waals surface area contributed by atoms with Gasteiger partial charge in [-0.2, -0.15) is 0 Å². The third-order valence-corrected chi connectivity index (χ3v) is 9.26. The van der Waals surface area contributed by atoms with Crippen LogP contribution in [0, 0.1) is 16.7 Å². The van der Waals surface area contributed by atoms with Crippen molar-refractivity contribution in [1.29, 1.82) is 5.41 Å². The topological polar surface area (TPSA) is 184 Å². The normalized spacial score (nSPS) is 22.9. The lowest BCUT2D eigenvalue weighted by molar-refractivity contribution is -0.145. The molecule has 47 heavy (non-hydrogen) atoms. The van der Waals surface area contributed by atoms with Crippen LogP contribution in [0.5, 0.6) is 0 Å². The Labute approximate surface area is 283 Å². The van der Waals surface area contributed by atoms with Gasteiger partial charge in [0.1, 0.15) is 18.2 Å². The molecule has 6 N–H and O–H groups in total. The zero-order chi connectivity index (χ0) is 34.9. The average Bonchev–Trinajstić information content (AvgIpc) is 3.76. The number of likely N-dealkylation sites (tertiary alicyclic amines) is 1. The van der Waals surface area contributed by atoms with E-state index < -0.39 is 65.1 Å². The van der Waals surface area contributed by atoms with Crippen molar-refractivity contribution in [1.82, 2.24) is 20.9 Å². The van der Waals surface area contributed by atoms with Crippen LogP contribution in [-0.4, -0.2) is 83.4 Å². The summed E-state index contributed by atoms with van der Waals surface area (Å²) in [5.41, 5.74) is 5.67. The van der Waals surface area contributed by atoms with E-state index in [4.69, 9.17) is 27.5 Å². The maximum atomic E-state index is 14.3. The van der Waals surface area contributed by atoms with E-state index in [-0.39, 0.29) is 36.4 Å². The Bertz CT molecular complexity index is 1240. The van der Waals surface area contributed by atoms with Crippen molar-refractivity contribution in [2.45, 2.75) is 135 Å². The molecular weight excluding hydrogens is 624 g/mol. The first-order chi connectivity index (χ1) is 22.2. The van der Waals surface area contributed by atoms with Crippen molar-refractivity contribution in [3.63, 3.8) is 0 Å². The van der Waals surface area contributed by atoms with E-state index in [1.54, 1.807) is 13.0 Å². The first-order valence-electron chi connectivity index (χ1n) is 16.9. The number of nitrogens with one attached hydrogen (secondary N) is 4. The summed E-state index contributed by atoms with van der Waals surface area (Å²) in [5, 5.41) is 15.8. The number of nitrogens with two attached hydrogens (primary N) is 1. The van der Waals surface area contributed by atoms with Gasteiger partial charge in [-0.15, -0.1) is 0 Å². The Morgan fingerprint density at radius 1 is 1.04 bits per heavy atom. The highest BCUT2D eigenvalue weighted by Gasteiger charge is 2.47. The van der Waals surface area contributed by atoms with Crippen LogP contribution in [-0.2, 0) is 28.7 Å². The highest BCUT2D eigenvalue weighted by Crippen LogP contribution is 2.30. The van der Waals surface area contributed by atoms with Crippen LogP contribution in [0.15, 0.2) is 22.9 Å². The lowest BCUT2D eigenvalue weighted by atomic mass is 9.82. The summed E-state index contributed by atoms with van der Waals surface area (Å²) < 4.78 is 6.09. The van der Waals surface area contributed by atoms with Gasteiger partial charge in [0.05, 0.1) is 29.4 Å². The van der Waals surface area contributed by atoms with Crippen molar-refractivity contribution in [3.8, 4) is 0 Å². The molecule has 0 aromatic rings. The molecule has 2 aliphatic carbocycles. The molecule has 12 nitrogen and oxygen atoms in total. The highest BCUT2D eigenvalue weighted by atomic mass is 35.5. The van der Waals surface area contributed by atoms with Gasteiger partial charge in [-0.1, -0.05) is 65.0 Å². The van der Waals surface area contributed by atoms with E-state index in [9.17, 15) is 24.0 Å². The van der Waals surface area contributed by atoms with Crippen molar-refractivity contribution in [2.24, 2.45) is 17.1 Å². The van der Waals surface area contributed by atoms with Crippen molar-refractivity contribution in [3.05, 3.63) is 22.9 Å². The third kappa shape index (κ3) is 11.2. The summed E-state index contributed by atoms with van der Waals surface area (Å²) in [5.74, 6) is -2.40. The molecule has 2 saturated carbocycles. The number of hydrogen-bond donors (Lipinski definition) is 5. The van der Waals surface area contributed by atoms with Gasteiger partial charge >= 0.3 is 0 Å². The Balaban J connectivity index is 1.86. The molecule has 13 heteroatoms. The second-order valence-corrected chi connectivity index (χ2v) is 14.6. The number of Topliss-reactive ketones (excluding diaryl/α,β-unsaturated/α-hetero) is 1. The molecule has 3 aliphatic rings. The van der Waals surface area contributed by atoms with Crippen molar-refractivity contribution >= 4 is 47.2 Å². The van der Waals surface area contributed by atoms with Crippen LogP contribution in [0.2, 0.25) is 0 Å². The molecule has 3 unspecified atom stereocenters. The van der Waals surface area contributed by atoms with Gasteiger partial charge in [-0.05, 0) is 62.5 Å². The fourth-order valence-corrected chi connectivity index (χ4v) is 6.21. The number of amides is 4. The number of carbonyl (C=O) groups excluding carboxylic acids is 5. The molecule has 262 valence electrons. The number of allylic oxidation sites excluding steroid dienone is 4. The molecule has 5 atom stereocenters. The quantitative estimate of drug-likeness (QED) is 0.0763. The maximum Gasteiger partial charge on any atom is 0.289 e. The molecule has 0 aromatic carbocycles. The minimum Gasteiger partial charge on any atom is -0.493 e. The summed E-state index contributed by atoms with van der Waals surface area (Å²) in [6.07, 6.45) is 10.9. The Morgan fingerprint density at radius 3 is 2.28 bits per heavy atom. The monoisotopic (exact) mass is 676 g/mol. The minimum absolute atomic E-state index is 0.0129. The zero-order valence-corrected chi connectivity index (χ0v) is 29.2. The molecule has 0 radical (unpaired) electrons. The summed E-state index contributed by atoms with van der Waals surface area (Å²) in [6.45, 7) is 9.09. The van der Waals surface area contributed by atoms with Gasteiger partial charge in [0.15, 0.2) is 0 Å². The molecule has 3 rings (SSSR count). The number of ether oxygens (including phenoxy) is 1. The molecule has 1 aliphatic heterocycles. The predicted octanol–water partition coefficient (Wildman–Crippen LogP) is 3.22. The van der Waals surface area contributed by atoms with Gasteiger partial charge in [-0.3, -0.25) is 24.0 Å². The van der Waals surface area contributed by atoms with Crippen LogP contribution in [0.1, 0.15) is 98.8 Å². The predicted molar refractivity (Wildman–Crippen MR) is 180 cm³/mol. The SMILES string of the molecule is CCC[C@@H](NC(=O)C1CC(O/C(C)=C/C=C(/Cl)C=N)CN1C(=O)C(NC(=O)[C@@H](N)C1CCCCC1)C(C)(C)C)C(=O)C(=O)NC1CC1. The number of carbonyl (C=O) groups is 5. The Morgan fingerprint density at radius 2 is 1.70 bits per heavy atom. The molecule has 0 bridgehead atoms. The van der Waals surface area contributed by atoms with Gasteiger partial charge < -0.3 is 36.7 Å². The molecule has 0 spiro atoms. The number of halogens is 1. The molecule has 1 heterocycles. The molecule has 0 aromatic heterocycles. The van der Waals surface area contributed by atoms with Crippen LogP contribution < -0.4 is 21.7 Å². The molecule has 1 saturated heterocycles.